The molecule has 1 heterocycles. The number of benzene rings is 3. The van der Waals surface area contributed by atoms with Crippen LogP contribution in [0.15, 0.2) is 75.2 Å². The third kappa shape index (κ3) is 7.07. The number of nitrogens with one attached hydrogen (secondary N) is 1. The van der Waals surface area contributed by atoms with Gasteiger partial charge < -0.3 is 14.2 Å². The van der Waals surface area contributed by atoms with E-state index in [2.05, 4.69) is 37.2 Å². The van der Waals surface area contributed by atoms with Gasteiger partial charge in [0.25, 0.3) is 11.8 Å². The van der Waals surface area contributed by atoms with Crippen molar-refractivity contribution in [2.24, 2.45) is 0 Å². The van der Waals surface area contributed by atoms with Crippen molar-refractivity contribution in [3.63, 3.8) is 0 Å². The molecule has 0 aromatic heterocycles. The van der Waals surface area contributed by atoms with Crippen molar-refractivity contribution in [1.29, 1.82) is 0 Å². The minimum atomic E-state index is -0.809. The van der Waals surface area contributed by atoms with E-state index in [1.54, 1.807) is 36.4 Å². The molecule has 1 aliphatic rings. The molecule has 4 rings (SSSR count). The summed E-state index contributed by atoms with van der Waals surface area (Å²) in [5, 5.41) is 2.23. The molecule has 0 bridgehead atoms. The van der Waals surface area contributed by atoms with Crippen molar-refractivity contribution < 1.29 is 28.6 Å². The van der Waals surface area contributed by atoms with Crippen LogP contribution in [0.5, 0.6) is 17.2 Å². The first-order valence-corrected chi connectivity index (χ1v) is 13.8. The summed E-state index contributed by atoms with van der Waals surface area (Å²) in [6.45, 7) is 5.11. The lowest BCUT2D eigenvalue weighted by Crippen LogP contribution is -2.54. The standard InChI is InChI=1S/C29H26Br2N2O6/c1-3-37-25-17-19(16-24(31)26(25)39-13-5-12-38-22-7-4-6-18(2)14-22)15-23-27(34)32-29(36)33(28(23)35)21-10-8-20(30)9-11-21/h4,6-11,14-17H,3,5,12-13H2,1-2H3,(H,32,34,36). The number of imide groups is 2. The SMILES string of the molecule is CCOc1cc(C=C2C(=O)NC(=O)N(c3ccc(Br)cc3)C2=O)cc(Br)c1OCCCOc1cccc(C)c1. The van der Waals surface area contributed by atoms with Gasteiger partial charge >= 0.3 is 6.03 Å². The van der Waals surface area contributed by atoms with Gasteiger partial charge in [-0.3, -0.25) is 14.9 Å². The Bertz CT molecular complexity index is 1420. The molecule has 1 saturated heterocycles. The molecular weight excluding hydrogens is 632 g/mol. The fourth-order valence-electron chi connectivity index (χ4n) is 3.85. The number of barbiturate groups is 1. The number of carbonyl (C=O) groups is 3. The highest BCUT2D eigenvalue weighted by Crippen LogP contribution is 2.38. The number of anilines is 1. The Morgan fingerprint density at radius 2 is 1.67 bits per heavy atom. The van der Waals surface area contributed by atoms with E-state index < -0.39 is 17.8 Å². The number of aryl methyl sites for hydroxylation is 1. The second-order valence-corrected chi connectivity index (χ2v) is 10.3. The maximum atomic E-state index is 13.2. The summed E-state index contributed by atoms with van der Waals surface area (Å²) in [6.07, 6.45) is 2.06. The Labute approximate surface area is 243 Å². The number of hydrogen-bond donors (Lipinski definition) is 1. The van der Waals surface area contributed by atoms with Gasteiger partial charge in [-0.1, -0.05) is 28.1 Å². The Morgan fingerprint density at radius 1 is 0.923 bits per heavy atom. The predicted octanol–water partition coefficient (Wildman–Crippen LogP) is 6.43. The lowest BCUT2D eigenvalue weighted by molar-refractivity contribution is -0.122. The van der Waals surface area contributed by atoms with E-state index in [0.717, 1.165) is 20.7 Å². The molecule has 0 unspecified atom stereocenters. The topological polar surface area (TPSA) is 94.2 Å². The lowest BCUT2D eigenvalue weighted by atomic mass is 10.1. The minimum absolute atomic E-state index is 0.186. The van der Waals surface area contributed by atoms with E-state index in [4.69, 9.17) is 14.2 Å². The van der Waals surface area contributed by atoms with Gasteiger partial charge in [-0.25, -0.2) is 9.69 Å². The summed E-state index contributed by atoms with van der Waals surface area (Å²) in [5.41, 5.74) is 1.80. The molecule has 0 atom stereocenters. The van der Waals surface area contributed by atoms with E-state index in [9.17, 15) is 14.4 Å². The van der Waals surface area contributed by atoms with Crippen molar-refractivity contribution in [3.8, 4) is 17.2 Å². The van der Waals surface area contributed by atoms with Crippen LogP contribution in [-0.4, -0.2) is 37.7 Å². The van der Waals surface area contributed by atoms with Gasteiger partial charge in [0.2, 0.25) is 0 Å². The van der Waals surface area contributed by atoms with Gasteiger partial charge in [-0.2, -0.15) is 0 Å². The number of ether oxygens (including phenoxy) is 3. The summed E-state index contributed by atoms with van der Waals surface area (Å²) in [6, 6.07) is 17.1. The first-order chi connectivity index (χ1) is 18.8. The Hall–Kier alpha value is -3.63. The van der Waals surface area contributed by atoms with E-state index >= 15 is 0 Å². The van der Waals surface area contributed by atoms with E-state index in [1.807, 2.05) is 38.1 Å². The highest BCUT2D eigenvalue weighted by molar-refractivity contribution is 9.10. The molecule has 0 aliphatic carbocycles. The monoisotopic (exact) mass is 656 g/mol. The van der Waals surface area contributed by atoms with Gasteiger partial charge in [0, 0.05) is 10.9 Å². The summed E-state index contributed by atoms with van der Waals surface area (Å²) < 4.78 is 18.9. The zero-order chi connectivity index (χ0) is 27.9. The molecule has 3 aromatic rings. The minimum Gasteiger partial charge on any atom is -0.493 e. The molecule has 0 saturated carbocycles. The third-order valence-corrected chi connectivity index (χ3v) is 6.74. The van der Waals surface area contributed by atoms with Crippen LogP contribution in [0.3, 0.4) is 0 Å². The normalized spacial score (nSPS) is 14.4. The number of urea groups is 1. The van der Waals surface area contributed by atoms with Crippen LogP contribution in [0.4, 0.5) is 10.5 Å². The van der Waals surface area contributed by atoms with Crippen molar-refractivity contribution in [1.82, 2.24) is 5.32 Å². The third-order valence-electron chi connectivity index (χ3n) is 5.62. The van der Waals surface area contributed by atoms with Crippen LogP contribution >= 0.6 is 31.9 Å². The average Bonchev–Trinajstić information content (AvgIpc) is 2.89. The summed E-state index contributed by atoms with van der Waals surface area (Å²) in [4.78, 5) is 39.2. The number of nitrogens with zero attached hydrogens (tertiary/aromatic N) is 1. The molecule has 1 aliphatic heterocycles. The van der Waals surface area contributed by atoms with Crippen molar-refractivity contribution in [2.75, 3.05) is 24.7 Å². The van der Waals surface area contributed by atoms with E-state index in [1.165, 1.54) is 6.08 Å². The molecule has 202 valence electrons. The Kier molecular flexibility index (Phi) is 9.42. The summed E-state index contributed by atoms with van der Waals surface area (Å²) >= 11 is 6.85. The highest BCUT2D eigenvalue weighted by atomic mass is 79.9. The van der Waals surface area contributed by atoms with Gasteiger partial charge in [-0.05, 0) is 95.5 Å². The molecular formula is C29H26Br2N2O6. The molecule has 0 radical (unpaired) electrons. The zero-order valence-corrected chi connectivity index (χ0v) is 24.5. The Balaban J connectivity index is 1.50. The van der Waals surface area contributed by atoms with E-state index in [0.29, 0.717) is 53.5 Å². The quantitative estimate of drug-likeness (QED) is 0.153. The van der Waals surface area contributed by atoms with E-state index in [-0.39, 0.29) is 5.57 Å². The molecule has 39 heavy (non-hydrogen) atoms. The summed E-state index contributed by atoms with van der Waals surface area (Å²) in [7, 11) is 0. The van der Waals surface area contributed by atoms with Gasteiger partial charge in [0.1, 0.15) is 11.3 Å². The van der Waals surface area contributed by atoms with Crippen LogP contribution < -0.4 is 24.4 Å². The largest absolute Gasteiger partial charge is 0.493 e. The molecule has 1 fully saturated rings. The number of rotatable bonds is 10. The molecule has 0 spiro atoms. The van der Waals surface area contributed by atoms with Crippen molar-refractivity contribution >= 4 is 61.5 Å². The van der Waals surface area contributed by atoms with Crippen molar-refractivity contribution in [2.45, 2.75) is 20.3 Å². The molecule has 3 aromatic carbocycles. The molecule has 8 nitrogen and oxygen atoms in total. The van der Waals surface area contributed by atoms with Crippen LogP contribution in [0, 0.1) is 6.92 Å². The van der Waals surface area contributed by atoms with Gasteiger partial charge in [0.15, 0.2) is 11.5 Å². The van der Waals surface area contributed by atoms with Crippen LogP contribution in [0.2, 0.25) is 0 Å². The second-order valence-electron chi connectivity index (χ2n) is 8.56. The molecule has 10 heteroatoms. The van der Waals surface area contributed by atoms with Crippen LogP contribution in [0.1, 0.15) is 24.5 Å². The zero-order valence-electron chi connectivity index (χ0n) is 21.3. The second kappa shape index (κ2) is 12.9. The number of hydrogen-bond acceptors (Lipinski definition) is 6. The van der Waals surface area contributed by atoms with Crippen LogP contribution in [0.25, 0.3) is 6.08 Å². The lowest BCUT2D eigenvalue weighted by Gasteiger charge is -2.26. The average molecular weight is 658 g/mol. The number of carbonyl (C=O) groups excluding carboxylic acids is 3. The maximum Gasteiger partial charge on any atom is 0.335 e. The smallest absolute Gasteiger partial charge is 0.335 e. The van der Waals surface area contributed by atoms with Gasteiger partial charge in [0.05, 0.1) is 30.0 Å². The maximum absolute atomic E-state index is 13.2. The molecule has 1 N–H and O–H groups in total. The van der Waals surface area contributed by atoms with Gasteiger partial charge in [-0.15, -0.1) is 0 Å². The van der Waals surface area contributed by atoms with Crippen LogP contribution in [-0.2, 0) is 9.59 Å². The number of halogens is 2. The fourth-order valence-corrected chi connectivity index (χ4v) is 4.69. The highest BCUT2D eigenvalue weighted by Gasteiger charge is 2.36. The summed E-state index contributed by atoms with van der Waals surface area (Å²) in [5.74, 6) is 0.254. The first-order valence-electron chi connectivity index (χ1n) is 12.2. The predicted molar refractivity (Wildman–Crippen MR) is 155 cm³/mol. The fraction of sp³-hybridized carbons (Fsp3) is 0.207. The first kappa shape index (κ1) is 28.4. The number of amides is 4. The Morgan fingerprint density at radius 3 is 2.38 bits per heavy atom. The molecule has 4 amide bonds. The van der Waals surface area contributed by atoms with Crippen molar-refractivity contribution in [3.05, 3.63) is 86.3 Å².